The van der Waals surface area contributed by atoms with Gasteiger partial charge in [0, 0.05) is 12.5 Å². The van der Waals surface area contributed by atoms with E-state index in [1.165, 1.54) is 6.07 Å². The lowest BCUT2D eigenvalue weighted by molar-refractivity contribution is -0.131. The zero-order chi connectivity index (χ0) is 17.4. The zero-order valence-corrected chi connectivity index (χ0v) is 13.5. The summed E-state index contributed by atoms with van der Waals surface area (Å²) in [7, 11) is -3.78. The second-order valence-corrected chi connectivity index (χ2v) is 6.69. The van der Waals surface area contributed by atoms with Gasteiger partial charge in [-0.3, -0.25) is 9.52 Å². The molecule has 0 amide bonds. The van der Waals surface area contributed by atoms with Gasteiger partial charge >= 0.3 is 5.97 Å². The Kier molecular flexibility index (Phi) is 4.53. The molecule has 2 N–H and O–H groups in total. The number of anilines is 1. The topological polar surface area (TPSA) is 106 Å². The Hall–Kier alpha value is -2.26. The summed E-state index contributed by atoms with van der Waals surface area (Å²) in [5, 5.41) is 10.1. The Labute approximate surface area is 135 Å². The van der Waals surface area contributed by atoms with E-state index < -0.39 is 39.2 Å². The molecule has 1 aromatic heterocycles. The molecule has 0 saturated carbocycles. The fourth-order valence-electron chi connectivity index (χ4n) is 1.74. The van der Waals surface area contributed by atoms with Crippen molar-refractivity contribution in [1.29, 1.82) is 0 Å². The van der Waals surface area contributed by atoms with Crippen LogP contribution in [0.2, 0.25) is 5.02 Å². The van der Waals surface area contributed by atoms with Gasteiger partial charge in [0.2, 0.25) is 21.5 Å². The number of carbonyl (C=O) groups excluding carboxylic acids is 1. The molecule has 0 fully saturated rings. The summed E-state index contributed by atoms with van der Waals surface area (Å²) in [6, 6.07) is 3.27. The maximum absolute atomic E-state index is 13.1. The summed E-state index contributed by atoms with van der Waals surface area (Å²) in [6.45, 7) is 1.06. The second-order valence-electron chi connectivity index (χ2n) is 4.53. The number of hydrogen-bond donors (Lipinski definition) is 2. The lowest BCUT2D eigenvalue weighted by atomic mass is 10.1. The van der Waals surface area contributed by atoms with Crippen LogP contribution < -0.4 is 9.46 Å². The van der Waals surface area contributed by atoms with Gasteiger partial charge in [0.25, 0.3) is 5.88 Å². The molecule has 0 spiro atoms. The van der Waals surface area contributed by atoms with Gasteiger partial charge in [-0.2, -0.15) is 0 Å². The van der Waals surface area contributed by atoms with Crippen molar-refractivity contribution in [2.45, 2.75) is 6.92 Å². The van der Waals surface area contributed by atoms with E-state index in [1.54, 1.807) is 0 Å². The maximum atomic E-state index is 13.1. The highest BCUT2D eigenvalue weighted by molar-refractivity contribution is 7.92. The summed E-state index contributed by atoms with van der Waals surface area (Å²) in [5.41, 5.74) is 0.0838. The predicted octanol–water partition coefficient (Wildman–Crippen LogP) is 2.74. The number of sulfonamides is 1. The van der Waals surface area contributed by atoms with Crippen LogP contribution in [0.15, 0.2) is 22.6 Å². The van der Waals surface area contributed by atoms with E-state index in [9.17, 15) is 22.7 Å². The molecule has 0 bridgehead atoms. The second kappa shape index (κ2) is 6.09. The molecule has 124 valence electrons. The van der Waals surface area contributed by atoms with Crippen LogP contribution in [0.1, 0.15) is 6.92 Å². The SMILES string of the molecule is CC(=O)Oc1c(NS(C)(=O)=O)oc(-c2ccc(F)cc2Cl)c1O. The highest BCUT2D eigenvalue weighted by Gasteiger charge is 2.27. The van der Waals surface area contributed by atoms with E-state index in [-0.39, 0.29) is 16.3 Å². The fraction of sp³-hybridized carbons (Fsp3) is 0.154. The molecular weight excluding hydrogens is 353 g/mol. The lowest BCUT2D eigenvalue weighted by Gasteiger charge is -2.02. The van der Waals surface area contributed by atoms with Gasteiger partial charge in [0.05, 0.1) is 11.3 Å². The fourth-order valence-corrected chi connectivity index (χ4v) is 2.46. The number of aromatic hydroxyl groups is 1. The first-order valence-electron chi connectivity index (χ1n) is 6.06. The van der Waals surface area contributed by atoms with Crippen LogP contribution in [-0.2, 0) is 14.8 Å². The van der Waals surface area contributed by atoms with Gasteiger partial charge in [-0.1, -0.05) is 11.6 Å². The zero-order valence-electron chi connectivity index (χ0n) is 11.9. The van der Waals surface area contributed by atoms with Crippen LogP contribution in [0, 0.1) is 5.82 Å². The number of hydrogen-bond acceptors (Lipinski definition) is 6. The smallest absolute Gasteiger partial charge is 0.308 e. The van der Waals surface area contributed by atoms with Crippen LogP contribution >= 0.6 is 11.6 Å². The molecule has 0 radical (unpaired) electrons. The van der Waals surface area contributed by atoms with E-state index in [4.69, 9.17) is 20.8 Å². The van der Waals surface area contributed by atoms with Gasteiger partial charge < -0.3 is 14.3 Å². The van der Waals surface area contributed by atoms with Crippen molar-refractivity contribution < 1.29 is 31.9 Å². The van der Waals surface area contributed by atoms with Crippen LogP contribution in [0.5, 0.6) is 11.5 Å². The third kappa shape index (κ3) is 3.93. The van der Waals surface area contributed by atoms with E-state index in [2.05, 4.69) is 0 Å². The molecule has 23 heavy (non-hydrogen) atoms. The number of halogens is 2. The third-order valence-electron chi connectivity index (χ3n) is 2.54. The number of nitrogens with one attached hydrogen (secondary N) is 1. The number of esters is 1. The summed E-state index contributed by atoms with van der Waals surface area (Å²) in [5.74, 6) is -3.37. The van der Waals surface area contributed by atoms with Crippen molar-refractivity contribution in [3.63, 3.8) is 0 Å². The number of rotatable bonds is 4. The molecule has 7 nitrogen and oxygen atoms in total. The predicted molar refractivity (Wildman–Crippen MR) is 80.6 cm³/mol. The van der Waals surface area contributed by atoms with Gasteiger partial charge in [0.1, 0.15) is 5.82 Å². The minimum Gasteiger partial charge on any atom is -0.502 e. The van der Waals surface area contributed by atoms with Gasteiger partial charge in [-0.15, -0.1) is 0 Å². The van der Waals surface area contributed by atoms with Crippen molar-refractivity contribution in [1.82, 2.24) is 0 Å². The van der Waals surface area contributed by atoms with Crippen molar-refractivity contribution in [3.05, 3.63) is 29.0 Å². The lowest BCUT2D eigenvalue weighted by Crippen LogP contribution is -2.11. The van der Waals surface area contributed by atoms with E-state index in [0.717, 1.165) is 25.3 Å². The first kappa shape index (κ1) is 17.1. The minimum atomic E-state index is -3.78. The molecule has 2 aromatic rings. The number of carbonyl (C=O) groups is 1. The molecule has 10 heteroatoms. The quantitative estimate of drug-likeness (QED) is 0.809. The van der Waals surface area contributed by atoms with Crippen molar-refractivity contribution in [2.24, 2.45) is 0 Å². The molecule has 0 unspecified atom stereocenters. The van der Waals surface area contributed by atoms with Crippen LogP contribution in [0.25, 0.3) is 11.3 Å². The molecule has 0 atom stereocenters. The molecule has 2 rings (SSSR count). The average Bonchev–Trinajstić information content (AvgIpc) is 2.65. The largest absolute Gasteiger partial charge is 0.502 e. The Morgan fingerprint density at radius 2 is 2.09 bits per heavy atom. The summed E-state index contributed by atoms with van der Waals surface area (Å²) >= 11 is 5.88. The first-order chi connectivity index (χ1) is 10.6. The Morgan fingerprint density at radius 3 is 2.61 bits per heavy atom. The van der Waals surface area contributed by atoms with Gasteiger partial charge in [-0.25, -0.2) is 12.8 Å². The molecule has 0 aliphatic heterocycles. The summed E-state index contributed by atoms with van der Waals surface area (Å²) < 4.78 is 47.7. The first-order valence-corrected chi connectivity index (χ1v) is 8.33. The van der Waals surface area contributed by atoms with Crippen LogP contribution in [-0.4, -0.2) is 25.7 Å². The molecule has 1 aromatic carbocycles. The summed E-state index contributed by atoms with van der Waals surface area (Å²) in [4.78, 5) is 11.1. The van der Waals surface area contributed by atoms with Crippen LogP contribution in [0.3, 0.4) is 0 Å². The number of ether oxygens (including phenoxy) is 1. The minimum absolute atomic E-state index is 0.0838. The molecule has 0 aliphatic carbocycles. The number of furan rings is 1. The highest BCUT2D eigenvalue weighted by Crippen LogP contribution is 2.48. The molecule has 0 saturated heterocycles. The Balaban J connectivity index is 2.63. The maximum Gasteiger partial charge on any atom is 0.308 e. The molecular formula is C13H11ClFNO6S. The monoisotopic (exact) mass is 363 g/mol. The third-order valence-corrected chi connectivity index (χ3v) is 3.41. The van der Waals surface area contributed by atoms with Crippen molar-refractivity contribution in [2.75, 3.05) is 11.0 Å². The highest BCUT2D eigenvalue weighted by atomic mass is 35.5. The van der Waals surface area contributed by atoms with E-state index in [1.807, 2.05) is 4.72 Å². The average molecular weight is 364 g/mol. The molecule has 1 heterocycles. The molecule has 0 aliphatic rings. The van der Waals surface area contributed by atoms with Gasteiger partial charge in [-0.05, 0) is 18.2 Å². The van der Waals surface area contributed by atoms with Crippen LogP contribution in [0.4, 0.5) is 10.3 Å². The van der Waals surface area contributed by atoms with Crippen molar-refractivity contribution in [3.8, 4) is 22.8 Å². The number of benzene rings is 1. The normalized spacial score (nSPS) is 11.3. The Bertz CT molecular complexity index is 877. The van der Waals surface area contributed by atoms with E-state index in [0.29, 0.717) is 0 Å². The van der Waals surface area contributed by atoms with Crippen molar-refractivity contribution >= 4 is 33.5 Å². The Morgan fingerprint density at radius 1 is 1.43 bits per heavy atom. The standard InChI is InChI=1S/C13H11ClFNO6S/c1-6(17)21-12-10(18)11(22-13(12)16-23(2,19)20)8-4-3-7(15)5-9(8)14/h3-5,16,18H,1-2H3. The summed E-state index contributed by atoms with van der Waals surface area (Å²) in [6.07, 6.45) is 0.842. The van der Waals surface area contributed by atoms with E-state index >= 15 is 0 Å². The van der Waals surface area contributed by atoms with Gasteiger partial charge in [0.15, 0.2) is 5.76 Å².